The molecule has 4 N–H and O–H groups in total. The molecule has 1 aromatic rings. The molecular formula is C13H21N3S. The molecule has 0 radical (unpaired) electrons. The van der Waals surface area contributed by atoms with E-state index in [1.54, 1.807) is 0 Å². The van der Waals surface area contributed by atoms with E-state index in [4.69, 9.17) is 5.73 Å². The van der Waals surface area contributed by atoms with Gasteiger partial charge in [-0.25, -0.2) is 5.43 Å². The molecule has 0 bridgehead atoms. The van der Waals surface area contributed by atoms with Gasteiger partial charge in [0, 0.05) is 16.9 Å². The molecule has 94 valence electrons. The standard InChI is InChI=1S/C13H21N3S/c1-3-17-11-6-4-10(5-7-11)13-12(8-14)9(2)15-16-13/h4-7,9,12-13,15-16H,3,8,14H2,1-2H3. The fourth-order valence-electron chi connectivity index (χ4n) is 2.33. The predicted molar refractivity (Wildman–Crippen MR) is 73.9 cm³/mol. The molecule has 3 unspecified atom stereocenters. The summed E-state index contributed by atoms with van der Waals surface area (Å²) >= 11 is 1.87. The van der Waals surface area contributed by atoms with Gasteiger partial charge in [0.25, 0.3) is 0 Å². The van der Waals surface area contributed by atoms with Gasteiger partial charge in [0.2, 0.25) is 0 Å². The van der Waals surface area contributed by atoms with Gasteiger partial charge < -0.3 is 5.73 Å². The number of benzene rings is 1. The van der Waals surface area contributed by atoms with Crippen LogP contribution in [0.3, 0.4) is 0 Å². The molecule has 1 saturated heterocycles. The van der Waals surface area contributed by atoms with Crippen molar-refractivity contribution < 1.29 is 0 Å². The van der Waals surface area contributed by atoms with Gasteiger partial charge in [-0.2, -0.15) is 0 Å². The summed E-state index contributed by atoms with van der Waals surface area (Å²) in [5, 5.41) is 0. The van der Waals surface area contributed by atoms with Crippen molar-refractivity contribution in [1.82, 2.24) is 10.9 Å². The Morgan fingerprint density at radius 1 is 1.24 bits per heavy atom. The molecule has 0 spiro atoms. The topological polar surface area (TPSA) is 50.1 Å². The summed E-state index contributed by atoms with van der Waals surface area (Å²) in [6.45, 7) is 5.05. The Morgan fingerprint density at radius 2 is 1.94 bits per heavy atom. The van der Waals surface area contributed by atoms with E-state index >= 15 is 0 Å². The molecule has 0 saturated carbocycles. The highest BCUT2D eigenvalue weighted by Crippen LogP contribution is 2.29. The van der Waals surface area contributed by atoms with E-state index in [1.807, 2.05) is 11.8 Å². The lowest BCUT2D eigenvalue weighted by Crippen LogP contribution is -2.30. The highest BCUT2D eigenvalue weighted by molar-refractivity contribution is 7.99. The quantitative estimate of drug-likeness (QED) is 0.716. The number of nitrogens with one attached hydrogen (secondary N) is 2. The van der Waals surface area contributed by atoms with Gasteiger partial charge in [0.1, 0.15) is 0 Å². The summed E-state index contributed by atoms with van der Waals surface area (Å²) < 4.78 is 0. The number of thioether (sulfide) groups is 1. The molecule has 3 atom stereocenters. The second-order valence-corrected chi connectivity index (χ2v) is 5.79. The average molecular weight is 251 g/mol. The Morgan fingerprint density at radius 3 is 2.53 bits per heavy atom. The van der Waals surface area contributed by atoms with Gasteiger partial charge in [-0.3, -0.25) is 5.43 Å². The number of nitrogens with two attached hydrogens (primary N) is 1. The maximum atomic E-state index is 5.85. The third-order valence-electron chi connectivity index (χ3n) is 3.36. The van der Waals surface area contributed by atoms with Crippen molar-refractivity contribution >= 4 is 11.8 Å². The molecule has 0 aliphatic carbocycles. The summed E-state index contributed by atoms with van der Waals surface area (Å²) in [4.78, 5) is 1.33. The van der Waals surface area contributed by atoms with Gasteiger partial charge in [0.05, 0.1) is 6.04 Å². The molecule has 1 fully saturated rings. The van der Waals surface area contributed by atoms with Crippen LogP contribution in [-0.2, 0) is 0 Å². The SMILES string of the molecule is CCSc1ccc(C2NNC(C)C2CN)cc1. The molecule has 1 aliphatic heterocycles. The van der Waals surface area contributed by atoms with Crippen molar-refractivity contribution in [3.8, 4) is 0 Å². The van der Waals surface area contributed by atoms with Gasteiger partial charge in [-0.1, -0.05) is 19.1 Å². The largest absolute Gasteiger partial charge is 0.330 e. The molecule has 3 nitrogen and oxygen atoms in total. The van der Waals surface area contributed by atoms with Crippen molar-refractivity contribution in [2.45, 2.75) is 30.8 Å². The van der Waals surface area contributed by atoms with E-state index in [1.165, 1.54) is 10.5 Å². The Balaban J connectivity index is 2.11. The van der Waals surface area contributed by atoms with Crippen LogP contribution in [0.1, 0.15) is 25.5 Å². The van der Waals surface area contributed by atoms with E-state index in [2.05, 4.69) is 49.0 Å². The first-order chi connectivity index (χ1) is 8.26. The monoisotopic (exact) mass is 251 g/mol. The predicted octanol–water partition coefficient (Wildman–Crippen LogP) is 1.91. The number of hydrazine groups is 1. The first kappa shape index (κ1) is 12.9. The lowest BCUT2D eigenvalue weighted by Gasteiger charge is -2.19. The highest BCUT2D eigenvalue weighted by Gasteiger charge is 2.32. The third-order valence-corrected chi connectivity index (χ3v) is 4.25. The van der Waals surface area contributed by atoms with Crippen LogP contribution in [0.4, 0.5) is 0 Å². The van der Waals surface area contributed by atoms with Gasteiger partial charge in [-0.15, -0.1) is 11.8 Å². The zero-order valence-corrected chi connectivity index (χ0v) is 11.3. The first-order valence-corrected chi connectivity index (χ1v) is 7.18. The Bertz CT molecular complexity index is 352. The van der Waals surface area contributed by atoms with E-state index in [9.17, 15) is 0 Å². The van der Waals surface area contributed by atoms with Crippen LogP contribution in [0.25, 0.3) is 0 Å². The molecule has 4 heteroatoms. The zero-order valence-electron chi connectivity index (χ0n) is 10.4. The molecule has 1 aromatic carbocycles. The molecule has 0 aromatic heterocycles. The summed E-state index contributed by atoms with van der Waals surface area (Å²) in [7, 11) is 0. The second-order valence-electron chi connectivity index (χ2n) is 4.46. The number of hydrogen-bond donors (Lipinski definition) is 3. The first-order valence-electron chi connectivity index (χ1n) is 6.20. The lowest BCUT2D eigenvalue weighted by atomic mass is 9.90. The van der Waals surface area contributed by atoms with Crippen LogP contribution < -0.4 is 16.6 Å². The van der Waals surface area contributed by atoms with E-state index in [0.29, 0.717) is 24.5 Å². The molecule has 17 heavy (non-hydrogen) atoms. The van der Waals surface area contributed by atoms with Crippen molar-refractivity contribution in [2.24, 2.45) is 11.7 Å². The zero-order chi connectivity index (χ0) is 12.3. The fourth-order valence-corrected chi connectivity index (χ4v) is 2.99. The lowest BCUT2D eigenvalue weighted by molar-refractivity contribution is 0.444. The molecule has 1 aliphatic rings. The summed E-state index contributed by atoms with van der Waals surface area (Å²) in [6, 6.07) is 9.56. The molecule has 1 heterocycles. The highest BCUT2D eigenvalue weighted by atomic mass is 32.2. The van der Waals surface area contributed by atoms with Gasteiger partial charge >= 0.3 is 0 Å². The van der Waals surface area contributed by atoms with Crippen LogP contribution in [-0.4, -0.2) is 18.3 Å². The fraction of sp³-hybridized carbons (Fsp3) is 0.538. The van der Waals surface area contributed by atoms with E-state index in [0.717, 1.165) is 5.75 Å². The maximum absolute atomic E-state index is 5.85. The Labute approximate surface area is 108 Å². The second kappa shape index (κ2) is 5.87. The van der Waals surface area contributed by atoms with Gasteiger partial charge in [0.15, 0.2) is 0 Å². The van der Waals surface area contributed by atoms with E-state index in [-0.39, 0.29) is 0 Å². The maximum Gasteiger partial charge on any atom is 0.0517 e. The average Bonchev–Trinajstić information content (AvgIpc) is 2.72. The number of rotatable bonds is 4. The van der Waals surface area contributed by atoms with Crippen LogP contribution in [0.2, 0.25) is 0 Å². The smallest absolute Gasteiger partial charge is 0.0517 e. The summed E-state index contributed by atoms with van der Waals surface area (Å²) in [6.07, 6.45) is 0. The Hall–Kier alpha value is -0.550. The normalized spacial score (nSPS) is 28.5. The van der Waals surface area contributed by atoms with Crippen molar-refractivity contribution in [3.05, 3.63) is 29.8 Å². The van der Waals surface area contributed by atoms with Crippen molar-refractivity contribution in [1.29, 1.82) is 0 Å². The Kier molecular flexibility index (Phi) is 4.45. The number of hydrogen-bond acceptors (Lipinski definition) is 4. The third kappa shape index (κ3) is 2.83. The van der Waals surface area contributed by atoms with Gasteiger partial charge in [-0.05, 0) is 36.9 Å². The minimum Gasteiger partial charge on any atom is -0.330 e. The van der Waals surface area contributed by atoms with Crippen LogP contribution in [0.5, 0.6) is 0 Å². The van der Waals surface area contributed by atoms with Crippen molar-refractivity contribution in [2.75, 3.05) is 12.3 Å². The molecule has 0 amide bonds. The van der Waals surface area contributed by atoms with Crippen LogP contribution in [0, 0.1) is 5.92 Å². The molecule has 2 rings (SSSR count). The minimum absolute atomic E-state index is 0.329. The van der Waals surface area contributed by atoms with E-state index < -0.39 is 0 Å². The minimum atomic E-state index is 0.329. The van der Waals surface area contributed by atoms with Crippen LogP contribution >= 0.6 is 11.8 Å². The van der Waals surface area contributed by atoms with Crippen molar-refractivity contribution in [3.63, 3.8) is 0 Å². The molecular weight excluding hydrogens is 230 g/mol. The summed E-state index contributed by atoms with van der Waals surface area (Å²) in [5.74, 6) is 1.57. The van der Waals surface area contributed by atoms with Crippen LogP contribution in [0.15, 0.2) is 29.2 Å². The summed E-state index contributed by atoms with van der Waals surface area (Å²) in [5.41, 5.74) is 13.8.